The van der Waals surface area contributed by atoms with Gasteiger partial charge in [-0.25, -0.2) is 9.48 Å². The molecule has 0 aliphatic carbocycles. The molecule has 100 valence electrons. The van der Waals surface area contributed by atoms with Crippen molar-refractivity contribution in [3.05, 3.63) is 45.6 Å². The molecule has 0 spiro atoms. The van der Waals surface area contributed by atoms with Crippen molar-refractivity contribution in [3.63, 3.8) is 0 Å². The van der Waals surface area contributed by atoms with Gasteiger partial charge in [-0.1, -0.05) is 28.1 Å². The highest BCUT2D eigenvalue weighted by Gasteiger charge is 2.21. The molecule has 2 rings (SSSR count). The lowest BCUT2D eigenvalue weighted by Gasteiger charge is -2.07. The minimum Gasteiger partial charge on any atom is -0.477 e. The number of aryl methyl sites for hydroxylation is 2. The monoisotopic (exact) mass is 324 g/mol. The van der Waals surface area contributed by atoms with Crippen LogP contribution < -0.4 is 4.74 Å². The van der Waals surface area contributed by atoms with Gasteiger partial charge in [0.2, 0.25) is 5.88 Å². The fourth-order valence-corrected chi connectivity index (χ4v) is 2.27. The average molecular weight is 325 g/mol. The molecule has 5 nitrogen and oxygen atoms in total. The molecule has 0 fully saturated rings. The molecule has 1 aromatic carbocycles. The van der Waals surface area contributed by atoms with Crippen molar-refractivity contribution < 1.29 is 14.6 Å². The van der Waals surface area contributed by atoms with E-state index in [0.717, 1.165) is 10.0 Å². The molecule has 0 saturated carbocycles. The number of halogens is 1. The first-order chi connectivity index (χ1) is 8.99. The summed E-state index contributed by atoms with van der Waals surface area (Å²) in [6, 6.07) is 7.65. The fraction of sp³-hybridized carbons (Fsp3) is 0.231. The van der Waals surface area contributed by atoms with E-state index in [1.54, 1.807) is 14.0 Å². The summed E-state index contributed by atoms with van der Waals surface area (Å²) < 4.78 is 7.98. The second-order valence-corrected chi connectivity index (χ2v) is 5.03. The zero-order valence-electron chi connectivity index (χ0n) is 10.6. The van der Waals surface area contributed by atoms with Crippen LogP contribution in [0, 0.1) is 6.92 Å². The number of hydrogen-bond donors (Lipinski definition) is 1. The summed E-state index contributed by atoms with van der Waals surface area (Å²) in [7, 11) is 1.66. The summed E-state index contributed by atoms with van der Waals surface area (Å²) >= 11 is 3.38. The van der Waals surface area contributed by atoms with Gasteiger partial charge in [0.25, 0.3) is 0 Å². The fourth-order valence-electron chi connectivity index (χ4n) is 1.83. The molecule has 1 heterocycles. The van der Waals surface area contributed by atoms with E-state index in [0.29, 0.717) is 12.3 Å². The molecule has 0 atom stereocenters. The molecular formula is C13H13BrN2O3. The summed E-state index contributed by atoms with van der Waals surface area (Å²) in [5.74, 6) is -0.764. The number of ether oxygens (including phenoxy) is 1. The third-order valence-electron chi connectivity index (χ3n) is 2.65. The quantitative estimate of drug-likeness (QED) is 0.939. The lowest BCUT2D eigenvalue weighted by Crippen LogP contribution is -2.05. The SMILES string of the molecule is Cc1nn(C)c(OCc2cccc(Br)c2)c1C(=O)O. The first-order valence-corrected chi connectivity index (χ1v) is 6.42. The van der Waals surface area contributed by atoms with Gasteiger partial charge in [-0.3, -0.25) is 0 Å². The first-order valence-electron chi connectivity index (χ1n) is 5.63. The molecule has 0 unspecified atom stereocenters. The summed E-state index contributed by atoms with van der Waals surface area (Å²) in [5.41, 5.74) is 1.50. The van der Waals surface area contributed by atoms with Crippen LogP contribution in [0.5, 0.6) is 5.88 Å². The predicted molar refractivity (Wildman–Crippen MR) is 73.4 cm³/mol. The van der Waals surface area contributed by atoms with Gasteiger partial charge in [0.05, 0.1) is 5.69 Å². The lowest BCUT2D eigenvalue weighted by molar-refractivity contribution is 0.0690. The predicted octanol–water partition coefficient (Wildman–Crippen LogP) is 2.77. The highest BCUT2D eigenvalue weighted by atomic mass is 79.9. The van der Waals surface area contributed by atoms with Crippen molar-refractivity contribution in [2.45, 2.75) is 13.5 Å². The Morgan fingerprint density at radius 3 is 2.89 bits per heavy atom. The van der Waals surface area contributed by atoms with Crippen LogP contribution in [-0.2, 0) is 13.7 Å². The molecule has 0 aliphatic heterocycles. The lowest BCUT2D eigenvalue weighted by atomic mass is 10.2. The van der Waals surface area contributed by atoms with E-state index in [1.165, 1.54) is 4.68 Å². The number of aromatic nitrogens is 2. The van der Waals surface area contributed by atoms with Crippen molar-refractivity contribution in [2.75, 3.05) is 0 Å². The number of carbonyl (C=O) groups is 1. The summed E-state index contributed by atoms with van der Waals surface area (Å²) in [6.07, 6.45) is 0. The molecule has 6 heteroatoms. The second-order valence-electron chi connectivity index (χ2n) is 4.11. The van der Waals surface area contributed by atoms with Crippen LogP contribution in [0.3, 0.4) is 0 Å². The Morgan fingerprint density at radius 1 is 1.53 bits per heavy atom. The Kier molecular flexibility index (Phi) is 3.90. The van der Waals surface area contributed by atoms with Crippen LogP contribution in [0.1, 0.15) is 21.6 Å². The van der Waals surface area contributed by atoms with Crippen LogP contribution in [-0.4, -0.2) is 20.9 Å². The first kappa shape index (κ1) is 13.6. The van der Waals surface area contributed by atoms with E-state index < -0.39 is 5.97 Å². The number of hydrogen-bond acceptors (Lipinski definition) is 3. The molecular weight excluding hydrogens is 312 g/mol. The van der Waals surface area contributed by atoms with Crippen LogP contribution in [0.4, 0.5) is 0 Å². The zero-order valence-corrected chi connectivity index (χ0v) is 12.1. The standard InChI is InChI=1S/C13H13BrN2O3/c1-8-11(13(17)18)12(16(2)15-8)19-7-9-4-3-5-10(14)6-9/h3-6H,7H2,1-2H3,(H,17,18). The normalized spacial score (nSPS) is 10.5. The van der Waals surface area contributed by atoms with E-state index in [-0.39, 0.29) is 11.4 Å². The van der Waals surface area contributed by atoms with Gasteiger partial charge in [0, 0.05) is 11.5 Å². The highest BCUT2D eigenvalue weighted by Crippen LogP contribution is 2.22. The van der Waals surface area contributed by atoms with E-state index in [1.807, 2.05) is 24.3 Å². The molecule has 19 heavy (non-hydrogen) atoms. The van der Waals surface area contributed by atoms with E-state index in [2.05, 4.69) is 21.0 Å². The number of nitrogens with zero attached hydrogens (tertiary/aromatic N) is 2. The van der Waals surface area contributed by atoms with Crippen LogP contribution in [0.2, 0.25) is 0 Å². The van der Waals surface area contributed by atoms with Gasteiger partial charge < -0.3 is 9.84 Å². The zero-order chi connectivity index (χ0) is 14.0. The van der Waals surface area contributed by atoms with Gasteiger partial charge >= 0.3 is 5.97 Å². The number of carboxylic acid groups (broad SMARTS) is 1. The minimum absolute atomic E-state index is 0.109. The van der Waals surface area contributed by atoms with Crippen molar-refractivity contribution >= 4 is 21.9 Å². The third kappa shape index (κ3) is 2.96. The third-order valence-corrected chi connectivity index (χ3v) is 3.14. The molecule has 1 N–H and O–H groups in total. The molecule has 1 aromatic heterocycles. The van der Waals surface area contributed by atoms with E-state index in [4.69, 9.17) is 9.84 Å². The van der Waals surface area contributed by atoms with Crippen LogP contribution in [0.15, 0.2) is 28.7 Å². The number of carboxylic acids is 1. The van der Waals surface area contributed by atoms with Crippen molar-refractivity contribution in [1.29, 1.82) is 0 Å². The molecule has 0 radical (unpaired) electrons. The number of benzene rings is 1. The smallest absolute Gasteiger partial charge is 0.343 e. The van der Waals surface area contributed by atoms with Gasteiger partial charge in [-0.05, 0) is 24.6 Å². The molecule has 0 amide bonds. The Bertz CT molecular complexity index is 622. The second kappa shape index (κ2) is 5.44. The minimum atomic E-state index is -1.03. The molecule has 0 bridgehead atoms. The summed E-state index contributed by atoms with van der Waals surface area (Å²) in [4.78, 5) is 11.2. The Labute approximate surface area is 118 Å². The van der Waals surface area contributed by atoms with Gasteiger partial charge in [0.1, 0.15) is 12.2 Å². The van der Waals surface area contributed by atoms with E-state index >= 15 is 0 Å². The highest BCUT2D eigenvalue weighted by molar-refractivity contribution is 9.10. The Balaban J connectivity index is 2.22. The maximum atomic E-state index is 11.2. The Hall–Kier alpha value is -1.82. The molecule has 0 aliphatic rings. The molecule has 0 saturated heterocycles. The van der Waals surface area contributed by atoms with Gasteiger partial charge in [-0.2, -0.15) is 5.10 Å². The summed E-state index contributed by atoms with van der Waals surface area (Å²) in [5, 5.41) is 13.2. The van der Waals surface area contributed by atoms with Gasteiger partial charge in [0.15, 0.2) is 0 Å². The van der Waals surface area contributed by atoms with Crippen molar-refractivity contribution in [3.8, 4) is 5.88 Å². The Morgan fingerprint density at radius 2 is 2.26 bits per heavy atom. The number of aromatic carboxylic acids is 1. The average Bonchev–Trinajstić information content (AvgIpc) is 2.61. The van der Waals surface area contributed by atoms with Crippen LogP contribution >= 0.6 is 15.9 Å². The van der Waals surface area contributed by atoms with Crippen LogP contribution in [0.25, 0.3) is 0 Å². The maximum Gasteiger partial charge on any atom is 0.343 e. The molecule has 2 aromatic rings. The maximum absolute atomic E-state index is 11.2. The van der Waals surface area contributed by atoms with Crippen molar-refractivity contribution in [2.24, 2.45) is 7.05 Å². The van der Waals surface area contributed by atoms with Gasteiger partial charge in [-0.15, -0.1) is 0 Å². The number of rotatable bonds is 4. The largest absolute Gasteiger partial charge is 0.477 e. The van der Waals surface area contributed by atoms with E-state index in [9.17, 15) is 4.79 Å². The van der Waals surface area contributed by atoms with Crippen molar-refractivity contribution in [1.82, 2.24) is 9.78 Å². The topological polar surface area (TPSA) is 64.4 Å². The summed E-state index contributed by atoms with van der Waals surface area (Å²) in [6.45, 7) is 1.94.